The second kappa shape index (κ2) is 5.91. The first-order valence-corrected chi connectivity index (χ1v) is 5.68. The molecule has 0 aromatic carbocycles. The molecule has 0 heterocycles. The van der Waals surface area contributed by atoms with Crippen LogP contribution >= 0.6 is 0 Å². The van der Waals surface area contributed by atoms with E-state index in [-0.39, 0.29) is 12.1 Å². The highest BCUT2D eigenvalue weighted by Crippen LogP contribution is 2.09. The zero-order valence-electron chi connectivity index (χ0n) is 10.8. The van der Waals surface area contributed by atoms with Crippen molar-refractivity contribution in [3.05, 3.63) is 12.2 Å². The molecule has 3 nitrogen and oxygen atoms in total. The van der Waals surface area contributed by atoms with E-state index in [0.29, 0.717) is 5.57 Å². The van der Waals surface area contributed by atoms with Crippen molar-refractivity contribution in [1.29, 1.82) is 0 Å². The minimum absolute atomic E-state index is 0.0450. The van der Waals surface area contributed by atoms with Crippen molar-refractivity contribution in [2.45, 2.75) is 40.3 Å². The van der Waals surface area contributed by atoms with Gasteiger partial charge in [0.1, 0.15) is 0 Å². The molecule has 0 aromatic rings. The van der Waals surface area contributed by atoms with Crippen LogP contribution in [0.25, 0.3) is 0 Å². The van der Waals surface area contributed by atoms with Crippen LogP contribution in [0.15, 0.2) is 12.2 Å². The lowest BCUT2D eigenvalue weighted by Crippen LogP contribution is -2.58. The van der Waals surface area contributed by atoms with Gasteiger partial charge < -0.3 is 9.80 Å². The van der Waals surface area contributed by atoms with Gasteiger partial charge in [-0.05, 0) is 20.3 Å². The molecular formula is C12H25N2O+. The number of rotatable bonds is 6. The Morgan fingerprint density at radius 3 is 2.33 bits per heavy atom. The van der Waals surface area contributed by atoms with Gasteiger partial charge in [-0.25, -0.2) is 0 Å². The predicted molar refractivity (Wildman–Crippen MR) is 64.3 cm³/mol. The molecule has 2 unspecified atom stereocenters. The van der Waals surface area contributed by atoms with Crippen LogP contribution in [0.1, 0.15) is 34.1 Å². The number of hydrogen-bond acceptors (Lipinski definition) is 1. The molecule has 1 amide bonds. The number of nitrogens with zero attached hydrogens (tertiary/aromatic N) is 1. The molecule has 0 fully saturated rings. The lowest BCUT2D eigenvalue weighted by atomic mass is 10.2. The van der Waals surface area contributed by atoms with Crippen molar-refractivity contribution in [2.75, 3.05) is 20.1 Å². The van der Waals surface area contributed by atoms with Crippen molar-refractivity contribution < 1.29 is 9.28 Å². The van der Waals surface area contributed by atoms with Gasteiger partial charge in [-0.2, -0.15) is 0 Å². The molecule has 0 spiro atoms. The lowest BCUT2D eigenvalue weighted by molar-refractivity contribution is -0.932. The molecule has 0 bridgehead atoms. The minimum atomic E-state index is -0.0450. The van der Waals surface area contributed by atoms with Crippen LogP contribution in [0.5, 0.6) is 0 Å². The maximum Gasteiger partial charge on any atom is 0.250 e. The summed E-state index contributed by atoms with van der Waals surface area (Å²) in [5.41, 5.74) is 0.570. The highest BCUT2D eigenvalue weighted by Gasteiger charge is 2.27. The molecule has 0 saturated carbocycles. The Labute approximate surface area is 93.7 Å². The van der Waals surface area contributed by atoms with Gasteiger partial charge in [0, 0.05) is 12.5 Å². The molecule has 0 aliphatic rings. The molecule has 0 radical (unpaired) electrons. The van der Waals surface area contributed by atoms with Gasteiger partial charge in [0.15, 0.2) is 6.17 Å². The van der Waals surface area contributed by atoms with Crippen molar-refractivity contribution in [3.8, 4) is 0 Å². The summed E-state index contributed by atoms with van der Waals surface area (Å²) in [6.07, 6.45) is 1.26. The van der Waals surface area contributed by atoms with E-state index >= 15 is 0 Å². The van der Waals surface area contributed by atoms with Crippen LogP contribution < -0.4 is 5.32 Å². The maximum absolute atomic E-state index is 11.5. The number of carbonyl (C=O) groups is 1. The van der Waals surface area contributed by atoms with Gasteiger partial charge in [-0.15, -0.1) is 0 Å². The first-order valence-electron chi connectivity index (χ1n) is 5.68. The maximum atomic E-state index is 11.5. The zero-order valence-corrected chi connectivity index (χ0v) is 10.8. The first-order chi connectivity index (χ1) is 6.87. The molecule has 0 aliphatic heterocycles. The number of hydrogen-bond donors (Lipinski definition) is 1. The molecule has 15 heavy (non-hydrogen) atoms. The van der Waals surface area contributed by atoms with E-state index in [2.05, 4.69) is 39.7 Å². The Morgan fingerprint density at radius 2 is 2.00 bits per heavy atom. The number of quaternary nitrogens is 1. The Bertz CT molecular complexity index is 238. The highest BCUT2D eigenvalue weighted by molar-refractivity contribution is 5.92. The molecule has 3 heteroatoms. The van der Waals surface area contributed by atoms with E-state index in [0.717, 1.165) is 24.0 Å². The topological polar surface area (TPSA) is 29.1 Å². The van der Waals surface area contributed by atoms with Crippen molar-refractivity contribution >= 4 is 5.91 Å². The molecule has 2 atom stereocenters. The largest absolute Gasteiger partial charge is 0.307 e. The van der Waals surface area contributed by atoms with Crippen molar-refractivity contribution in [2.24, 2.45) is 0 Å². The van der Waals surface area contributed by atoms with Crippen molar-refractivity contribution in [1.82, 2.24) is 5.32 Å². The Hall–Kier alpha value is -0.830. The molecule has 0 saturated heterocycles. The fourth-order valence-corrected chi connectivity index (χ4v) is 1.61. The highest BCUT2D eigenvalue weighted by atomic mass is 16.1. The Balaban J connectivity index is 4.45. The third-order valence-electron chi connectivity index (χ3n) is 3.12. The SMILES string of the molecule is C=C(C)C(=O)NC(C)[N+](C)(CC)CCC. The van der Waals surface area contributed by atoms with Crippen LogP contribution in [0.3, 0.4) is 0 Å². The smallest absolute Gasteiger partial charge is 0.250 e. The summed E-state index contributed by atoms with van der Waals surface area (Å²) in [7, 11) is 2.17. The van der Waals surface area contributed by atoms with E-state index in [1.54, 1.807) is 6.92 Å². The second-order valence-corrected chi connectivity index (χ2v) is 4.45. The van der Waals surface area contributed by atoms with Crippen LogP contribution in [-0.4, -0.2) is 36.7 Å². The quantitative estimate of drug-likeness (QED) is 0.407. The minimum Gasteiger partial charge on any atom is -0.307 e. The fourth-order valence-electron chi connectivity index (χ4n) is 1.61. The fraction of sp³-hybridized carbons (Fsp3) is 0.750. The van der Waals surface area contributed by atoms with Crippen LogP contribution in [-0.2, 0) is 4.79 Å². The van der Waals surface area contributed by atoms with Gasteiger partial charge in [-0.3, -0.25) is 4.79 Å². The second-order valence-electron chi connectivity index (χ2n) is 4.45. The van der Waals surface area contributed by atoms with Gasteiger partial charge in [0.25, 0.3) is 5.91 Å². The lowest BCUT2D eigenvalue weighted by Gasteiger charge is -2.39. The molecule has 88 valence electrons. The average molecular weight is 213 g/mol. The molecular weight excluding hydrogens is 188 g/mol. The van der Waals surface area contributed by atoms with Crippen LogP contribution in [0.4, 0.5) is 0 Å². The van der Waals surface area contributed by atoms with Crippen molar-refractivity contribution in [3.63, 3.8) is 0 Å². The van der Waals surface area contributed by atoms with E-state index in [9.17, 15) is 4.79 Å². The number of amides is 1. The van der Waals surface area contributed by atoms with E-state index in [1.165, 1.54) is 0 Å². The number of nitrogens with one attached hydrogen (secondary N) is 1. The summed E-state index contributed by atoms with van der Waals surface area (Å²) in [4.78, 5) is 11.5. The standard InChI is InChI=1S/C12H24N2O/c1-7-9-14(6,8-2)11(5)13-12(15)10(3)4/h11H,3,7-9H2,1-2,4-6H3/p+1. The molecule has 1 N–H and O–H groups in total. The van der Waals surface area contributed by atoms with Gasteiger partial charge >= 0.3 is 0 Å². The third-order valence-corrected chi connectivity index (χ3v) is 3.12. The summed E-state index contributed by atoms with van der Waals surface area (Å²) in [5, 5.41) is 2.99. The predicted octanol–water partition coefficient (Wildman–Crippen LogP) is 1.90. The Kier molecular flexibility index (Phi) is 5.58. The van der Waals surface area contributed by atoms with Crippen LogP contribution in [0, 0.1) is 0 Å². The summed E-state index contributed by atoms with van der Waals surface area (Å²) < 4.78 is 0.871. The number of carbonyl (C=O) groups excluding carboxylic acids is 1. The molecule has 0 rings (SSSR count). The van der Waals surface area contributed by atoms with E-state index in [4.69, 9.17) is 0 Å². The molecule has 0 aliphatic carbocycles. The average Bonchev–Trinajstić information content (AvgIpc) is 2.17. The summed E-state index contributed by atoms with van der Waals surface area (Å²) in [6, 6.07) is 0. The van der Waals surface area contributed by atoms with E-state index < -0.39 is 0 Å². The normalized spacial score (nSPS) is 16.6. The third kappa shape index (κ3) is 4.04. The summed E-state index contributed by atoms with van der Waals surface area (Å²) >= 11 is 0. The van der Waals surface area contributed by atoms with Gasteiger partial charge in [-0.1, -0.05) is 13.5 Å². The monoisotopic (exact) mass is 213 g/mol. The van der Waals surface area contributed by atoms with Gasteiger partial charge in [0.2, 0.25) is 0 Å². The Morgan fingerprint density at radius 1 is 1.47 bits per heavy atom. The summed E-state index contributed by atoms with van der Waals surface area (Å²) in [6.45, 7) is 13.8. The van der Waals surface area contributed by atoms with Gasteiger partial charge in [0.05, 0.1) is 20.1 Å². The molecule has 0 aromatic heterocycles. The zero-order chi connectivity index (χ0) is 12.1. The summed E-state index contributed by atoms with van der Waals surface area (Å²) in [5.74, 6) is -0.0450. The van der Waals surface area contributed by atoms with E-state index in [1.807, 2.05) is 0 Å². The van der Waals surface area contributed by atoms with Crippen LogP contribution in [0.2, 0.25) is 0 Å². The first kappa shape index (κ1) is 14.2.